The third-order valence-corrected chi connectivity index (χ3v) is 2.56. The number of hydrogen-bond acceptors (Lipinski definition) is 0. The Morgan fingerprint density at radius 2 is 1.78 bits per heavy atom. The van der Waals surface area contributed by atoms with Crippen LogP contribution in [0.1, 0.15) is 0 Å². The molecular weight excluding hydrogens is 127 g/mol. The summed E-state index contributed by atoms with van der Waals surface area (Å²) >= 11 is 0. The molecule has 1 aliphatic rings. The van der Waals surface area contributed by atoms with Crippen LogP contribution in [0, 0.1) is 5.92 Å². The summed E-state index contributed by atoms with van der Waals surface area (Å²) in [7, 11) is 0.286. The standard InChI is InChI=1S/C8H13P/c1-9(2)7-8-5-3-4-6-8/h3-6,8H,7H2,1-2H3. The van der Waals surface area contributed by atoms with E-state index in [0.29, 0.717) is 0 Å². The van der Waals surface area contributed by atoms with E-state index in [2.05, 4.69) is 37.6 Å². The Bertz CT molecular complexity index is 122. The average Bonchev–Trinajstić information content (AvgIpc) is 2.15. The van der Waals surface area contributed by atoms with Gasteiger partial charge in [0.1, 0.15) is 0 Å². The third-order valence-electron chi connectivity index (χ3n) is 1.40. The highest BCUT2D eigenvalue weighted by molar-refractivity contribution is 7.56. The van der Waals surface area contributed by atoms with E-state index in [-0.39, 0.29) is 7.92 Å². The fourth-order valence-electron chi connectivity index (χ4n) is 1.02. The van der Waals surface area contributed by atoms with Crippen molar-refractivity contribution < 1.29 is 0 Å². The molecule has 1 heteroatoms. The van der Waals surface area contributed by atoms with E-state index in [1.807, 2.05) is 0 Å². The molecule has 9 heavy (non-hydrogen) atoms. The zero-order valence-corrected chi connectivity index (χ0v) is 6.94. The highest BCUT2D eigenvalue weighted by atomic mass is 31.1. The second-order valence-corrected chi connectivity index (χ2v) is 5.22. The molecule has 0 aliphatic heterocycles. The monoisotopic (exact) mass is 140 g/mol. The highest BCUT2D eigenvalue weighted by Crippen LogP contribution is 2.29. The van der Waals surface area contributed by atoms with Gasteiger partial charge in [0.15, 0.2) is 0 Å². The van der Waals surface area contributed by atoms with E-state index >= 15 is 0 Å². The fraction of sp³-hybridized carbons (Fsp3) is 0.500. The second-order valence-electron chi connectivity index (χ2n) is 2.70. The van der Waals surface area contributed by atoms with Gasteiger partial charge in [0.05, 0.1) is 0 Å². The normalized spacial score (nSPS) is 18.1. The van der Waals surface area contributed by atoms with E-state index in [0.717, 1.165) is 5.92 Å². The van der Waals surface area contributed by atoms with Gasteiger partial charge in [-0.2, -0.15) is 0 Å². The van der Waals surface area contributed by atoms with Crippen molar-refractivity contribution in [3.63, 3.8) is 0 Å². The largest absolute Gasteiger partial charge is 0.112 e. The van der Waals surface area contributed by atoms with E-state index in [9.17, 15) is 0 Å². The van der Waals surface area contributed by atoms with Crippen molar-refractivity contribution in [2.75, 3.05) is 19.5 Å². The van der Waals surface area contributed by atoms with Gasteiger partial charge in [-0.3, -0.25) is 0 Å². The first-order valence-corrected chi connectivity index (χ1v) is 5.71. The molecule has 1 rings (SSSR count). The molecular formula is C8H13P. The summed E-state index contributed by atoms with van der Waals surface area (Å²) in [6.07, 6.45) is 10.2. The molecule has 0 saturated heterocycles. The Hall–Kier alpha value is -0.0900. The number of rotatable bonds is 2. The first-order valence-electron chi connectivity index (χ1n) is 3.29. The lowest BCUT2D eigenvalue weighted by atomic mass is 10.2. The lowest BCUT2D eigenvalue weighted by Gasteiger charge is -2.07. The summed E-state index contributed by atoms with van der Waals surface area (Å²) in [4.78, 5) is 0. The van der Waals surface area contributed by atoms with E-state index in [1.54, 1.807) is 0 Å². The summed E-state index contributed by atoms with van der Waals surface area (Å²) in [6.45, 7) is 4.66. The molecule has 0 heterocycles. The van der Waals surface area contributed by atoms with Crippen LogP contribution in [0.5, 0.6) is 0 Å². The first kappa shape index (κ1) is 7.02. The Morgan fingerprint density at radius 3 is 2.22 bits per heavy atom. The predicted octanol–water partition coefficient (Wildman–Crippen LogP) is 2.47. The predicted molar refractivity (Wildman–Crippen MR) is 45.4 cm³/mol. The van der Waals surface area contributed by atoms with E-state index in [1.165, 1.54) is 6.16 Å². The summed E-state index contributed by atoms with van der Waals surface area (Å²) in [5, 5.41) is 0. The minimum Gasteiger partial charge on any atom is -0.112 e. The molecule has 0 nitrogen and oxygen atoms in total. The van der Waals surface area contributed by atoms with Gasteiger partial charge in [-0.25, -0.2) is 0 Å². The second kappa shape index (κ2) is 3.17. The maximum absolute atomic E-state index is 2.33. The molecule has 0 spiro atoms. The molecule has 0 aromatic rings. The SMILES string of the molecule is CP(C)CC1C=CC=C1. The van der Waals surface area contributed by atoms with Crippen LogP contribution in [0.4, 0.5) is 0 Å². The quantitative estimate of drug-likeness (QED) is 0.517. The molecule has 50 valence electrons. The summed E-state index contributed by atoms with van der Waals surface area (Å²) < 4.78 is 0. The molecule has 1 aliphatic carbocycles. The molecule has 0 bridgehead atoms. The zero-order chi connectivity index (χ0) is 6.69. The van der Waals surface area contributed by atoms with Gasteiger partial charge in [-0.15, -0.1) is 7.92 Å². The smallest absolute Gasteiger partial charge is 0.000816 e. The van der Waals surface area contributed by atoms with Crippen molar-refractivity contribution in [1.29, 1.82) is 0 Å². The van der Waals surface area contributed by atoms with Crippen LogP contribution < -0.4 is 0 Å². The molecule has 0 aromatic heterocycles. The minimum atomic E-state index is 0.286. The number of allylic oxidation sites excluding steroid dienone is 4. The van der Waals surface area contributed by atoms with Gasteiger partial charge in [0.2, 0.25) is 0 Å². The molecule has 0 amide bonds. The molecule has 0 radical (unpaired) electrons. The molecule has 0 aromatic carbocycles. The first-order chi connectivity index (χ1) is 4.29. The van der Waals surface area contributed by atoms with Gasteiger partial charge in [0.25, 0.3) is 0 Å². The average molecular weight is 140 g/mol. The van der Waals surface area contributed by atoms with Gasteiger partial charge in [-0.05, 0) is 25.4 Å². The van der Waals surface area contributed by atoms with Gasteiger partial charge < -0.3 is 0 Å². The fourth-order valence-corrected chi connectivity index (χ4v) is 2.11. The Kier molecular flexibility index (Phi) is 2.48. The Labute approximate surface area is 58.4 Å². The summed E-state index contributed by atoms with van der Waals surface area (Å²) in [6, 6.07) is 0. The van der Waals surface area contributed by atoms with Crippen LogP contribution in [-0.4, -0.2) is 19.5 Å². The molecule has 0 N–H and O–H groups in total. The lowest BCUT2D eigenvalue weighted by molar-refractivity contribution is 0.969. The van der Waals surface area contributed by atoms with Crippen molar-refractivity contribution >= 4 is 7.92 Å². The van der Waals surface area contributed by atoms with E-state index in [4.69, 9.17) is 0 Å². The topological polar surface area (TPSA) is 0 Å². The van der Waals surface area contributed by atoms with Gasteiger partial charge in [0, 0.05) is 0 Å². The van der Waals surface area contributed by atoms with Crippen molar-refractivity contribution in [2.45, 2.75) is 0 Å². The van der Waals surface area contributed by atoms with Gasteiger partial charge in [-0.1, -0.05) is 24.3 Å². The van der Waals surface area contributed by atoms with Crippen molar-refractivity contribution in [3.05, 3.63) is 24.3 Å². The van der Waals surface area contributed by atoms with E-state index < -0.39 is 0 Å². The van der Waals surface area contributed by atoms with Crippen LogP contribution in [0.2, 0.25) is 0 Å². The molecule has 0 unspecified atom stereocenters. The maximum Gasteiger partial charge on any atom is -0.000816 e. The molecule has 0 saturated carbocycles. The maximum atomic E-state index is 2.33. The van der Waals surface area contributed by atoms with Crippen LogP contribution in [-0.2, 0) is 0 Å². The Morgan fingerprint density at radius 1 is 1.22 bits per heavy atom. The van der Waals surface area contributed by atoms with Crippen LogP contribution in [0.25, 0.3) is 0 Å². The number of hydrogen-bond donors (Lipinski definition) is 0. The minimum absolute atomic E-state index is 0.286. The third kappa shape index (κ3) is 2.32. The summed E-state index contributed by atoms with van der Waals surface area (Å²) in [5.41, 5.74) is 0. The van der Waals surface area contributed by atoms with Crippen LogP contribution in [0.3, 0.4) is 0 Å². The Balaban J connectivity index is 2.29. The van der Waals surface area contributed by atoms with Crippen LogP contribution in [0.15, 0.2) is 24.3 Å². The van der Waals surface area contributed by atoms with Crippen molar-refractivity contribution in [1.82, 2.24) is 0 Å². The highest BCUT2D eigenvalue weighted by Gasteiger charge is 2.04. The molecule has 0 fully saturated rings. The van der Waals surface area contributed by atoms with Gasteiger partial charge >= 0.3 is 0 Å². The zero-order valence-electron chi connectivity index (χ0n) is 6.04. The van der Waals surface area contributed by atoms with Crippen LogP contribution >= 0.6 is 7.92 Å². The van der Waals surface area contributed by atoms with Crippen molar-refractivity contribution in [2.24, 2.45) is 5.92 Å². The molecule has 0 atom stereocenters. The van der Waals surface area contributed by atoms with Crippen molar-refractivity contribution in [3.8, 4) is 0 Å². The summed E-state index contributed by atoms with van der Waals surface area (Å²) in [5.74, 6) is 0.756. The lowest BCUT2D eigenvalue weighted by Crippen LogP contribution is -1.93.